The molecule has 1 N–H and O–H groups in total. The van der Waals surface area contributed by atoms with Crippen molar-refractivity contribution in [1.82, 2.24) is 10.2 Å². The Hall–Kier alpha value is -1.52. The minimum Gasteiger partial charge on any atom is -0.333 e. The van der Waals surface area contributed by atoms with Gasteiger partial charge in [-0.1, -0.05) is 15.9 Å². The number of hydrogen-bond donors (Lipinski definition) is 1. The van der Waals surface area contributed by atoms with Crippen LogP contribution in [0.15, 0.2) is 16.6 Å². The van der Waals surface area contributed by atoms with E-state index in [4.69, 9.17) is 0 Å². The molecule has 4 nitrogen and oxygen atoms in total. The molecule has 2 rings (SSSR count). The summed E-state index contributed by atoms with van der Waals surface area (Å²) in [5.41, 5.74) is -1.73. The van der Waals surface area contributed by atoms with Crippen LogP contribution >= 0.6 is 15.9 Å². The van der Waals surface area contributed by atoms with Crippen molar-refractivity contribution in [1.29, 1.82) is 5.26 Å². The molecule has 1 aliphatic rings. The van der Waals surface area contributed by atoms with Crippen LogP contribution in [0.1, 0.15) is 23.2 Å². The van der Waals surface area contributed by atoms with E-state index < -0.39 is 28.6 Å². The van der Waals surface area contributed by atoms with Crippen LogP contribution in [-0.4, -0.2) is 36.5 Å². The number of amides is 1. The van der Waals surface area contributed by atoms with Gasteiger partial charge < -0.3 is 10.2 Å². The van der Waals surface area contributed by atoms with Crippen LogP contribution in [0.4, 0.5) is 8.78 Å². The second kappa shape index (κ2) is 6.08. The van der Waals surface area contributed by atoms with Crippen molar-refractivity contribution in [2.45, 2.75) is 18.4 Å². The number of rotatable bonds is 2. The summed E-state index contributed by atoms with van der Waals surface area (Å²) >= 11 is 2.96. The van der Waals surface area contributed by atoms with Crippen LogP contribution in [0.2, 0.25) is 0 Å². The summed E-state index contributed by atoms with van der Waals surface area (Å²) in [6.07, 6.45) is 0.844. The van der Waals surface area contributed by atoms with Crippen LogP contribution < -0.4 is 5.32 Å². The number of nitriles is 1. The molecule has 0 unspecified atom stereocenters. The van der Waals surface area contributed by atoms with Gasteiger partial charge in [-0.25, -0.2) is 8.78 Å². The molecule has 7 heteroatoms. The fourth-order valence-corrected chi connectivity index (χ4v) is 2.71. The van der Waals surface area contributed by atoms with E-state index >= 15 is 0 Å². The fraction of sp³-hybridized carbons (Fsp3) is 0.429. The summed E-state index contributed by atoms with van der Waals surface area (Å²) in [7, 11) is 1.91. The first kappa shape index (κ1) is 15.9. The van der Waals surface area contributed by atoms with Gasteiger partial charge in [-0.3, -0.25) is 4.79 Å². The van der Waals surface area contributed by atoms with Gasteiger partial charge in [0.2, 0.25) is 0 Å². The third-order valence-corrected chi connectivity index (χ3v) is 4.10. The Balaban J connectivity index is 2.24. The molecule has 0 atom stereocenters. The first-order valence-electron chi connectivity index (χ1n) is 6.44. The lowest BCUT2D eigenvalue weighted by Gasteiger charge is -2.36. The molecule has 0 saturated carbocycles. The van der Waals surface area contributed by atoms with Crippen LogP contribution in [0, 0.1) is 23.0 Å². The molecule has 1 aliphatic heterocycles. The van der Waals surface area contributed by atoms with Crippen molar-refractivity contribution >= 4 is 21.8 Å². The monoisotopic (exact) mass is 357 g/mol. The molecule has 1 saturated heterocycles. The predicted molar refractivity (Wildman–Crippen MR) is 76.6 cm³/mol. The van der Waals surface area contributed by atoms with Gasteiger partial charge in [-0.05, 0) is 32.0 Å². The van der Waals surface area contributed by atoms with Crippen molar-refractivity contribution in [3.8, 4) is 6.07 Å². The Labute approximate surface area is 129 Å². The SMILES string of the molecule is CN1CCC(C#N)(NC(=O)c2c(F)cc(Br)cc2F)CC1. The third-order valence-electron chi connectivity index (χ3n) is 3.64. The number of piperidine rings is 1. The Morgan fingerprint density at radius 1 is 1.38 bits per heavy atom. The fourth-order valence-electron chi connectivity index (χ4n) is 2.30. The largest absolute Gasteiger partial charge is 0.333 e. The number of benzene rings is 1. The highest BCUT2D eigenvalue weighted by Crippen LogP contribution is 2.24. The number of nitrogens with one attached hydrogen (secondary N) is 1. The summed E-state index contributed by atoms with van der Waals surface area (Å²) in [6.45, 7) is 1.28. The average Bonchev–Trinajstić information content (AvgIpc) is 2.40. The van der Waals surface area contributed by atoms with Crippen molar-refractivity contribution in [2.75, 3.05) is 20.1 Å². The molecular formula is C14H14BrF2N3O. The molecule has 1 aromatic carbocycles. The number of hydrogen-bond acceptors (Lipinski definition) is 3. The average molecular weight is 358 g/mol. The zero-order valence-electron chi connectivity index (χ0n) is 11.4. The molecular weight excluding hydrogens is 344 g/mol. The molecule has 0 radical (unpaired) electrons. The van der Waals surface area contributed by atoms with Gasteiger partial charge in [0, 0.05) is 17.6 Å². The summed E-state index contributed by atoms with van der Waals surface area (Å²) < 4.78 is 27.8. The van der Waals surface area contributed by atoms with E-state index in [1.54, 1.807) is 0 Å². The predicted octanol–water partition coefficient (Wildman–Crippen LogP) is 2.45. The normalized spacial score (nSPS) is 18.0. The van der Waals surface area contributed by atoms with E-state index in [2.05, 4.69) is 27.3 Å². The van der Waals surface area contributed by atoms with E-state index in [-0.39, 0.29) is 4.47 Å². The highest BCUT2D eigenvalue weighted by atomic mass is 79.9. The zero-order chi connectivity index (χ0) is 15.6. The van der Waals surface area contributed by atoms with Crippen LogP contribution in [0.25, 0.3) is 0 Å². The quantitative estimate of drug-likeness (QED) is 0.884. The van der Waals surface area contributed by atoms with Crippen molar-refractivity contribution in [3.05, 3.63) is 33.8 Å². The molecule has 1 heterocycles. The lowest BCUT2D eigenvalue weighted by Crippen LogP contribution is -2.54. The smallest absolute Gasteiger partial charge is 0.258 e. The highest BCUT2D eigenvalue weighted by Gasteiger charge is 2.36. The molecule has 1 fully saturated rings. The van der Waals surface area contributed by atoms with Crippen molar-refractivity contribution in [2.24, 2.45) is 0 Å². The van der Waals surface area contributed by atoms with Crippen LogP contribution in [0.3, 0.4) is 0 Å². The molecule has 0 spiro atoms. The first-order chi connectivity index (χ1) is 9.87. The number of carbonyl (C=O) groups excluding carboxylic acids is 1. The summed E-state index contributed by atoms with van der Waals surface area (Å²) in [6, 6.07) is 4.12. The molecule has 1 aromatic rings. The van der Waals surface area contributed by atoms with Gasteiger partial charge >= 0.3 is 0 Å². The van der Waals surface area contributed by atoms with Gasteiger partial charge in [0.25, 0.3) is 5.91 Å². The second-order valence-electron chi connectivity index (χ2n) is 5.20. The van der Waals surface area contributed by atoms with Crippen molar-refractivity contribution < 1.29 is 13.6 Å². The van der Waals surface area contributed by atoms with E-state index in [0.717, 1.165) is 12.1 Å². The molecule has 0 aliphatic carbocycles. The first-order valence-corrected chi connectivity index (χ1v) is 7.23. The molecule has 21 heavy (non-hydrogen) atoms. The lowest BCUT2D eigenvalue weighted by molar-refractivity contribution is 0.0873. The van der Waals surface area contributed by atoms with Gasteiger partial charge in [-0.2, -0.15) is 5.26 Å². The maximum atomic E-state index is 13.8. The Bertz CT molecular complexity index is 584. The van der Waals surface area contributed by atoms with Crippen molar-refractivity contribution in [3.63, 3.8) is 0 Å². The molecule has 1 amide bonds. The molecule has 0 aromatic heterocycles. The van der Waals surface area contributed by atoms with E-state index in [1.807, 2.05) is 11.9 Å². The van der Waals surface area contributed by atoms with Crippen LogP contribution in [0.5, 0.6) is 0 Å². The Morgan fingerprint density at radius 2 is 1.90 bits per heavy atom. The second-order valence-corrected chi connectivity index (χ2v) is 6.11. The van der Waals surface area contributed by atoms with E-state index in [0.29, 0.717) is 25.9 Å². The minimum atomic E-state index is -1.07. The summed E-state index contributed by atoms with van der Waals surface area (Å²) in [4.78, 5) is 14.2. The minimum absolute atomic E-state index is 0.211. The summed E-state index contributed by atoms with van der Waals surface area (Å²) in [5, 5.41) is 11.8. The van der Waals surface area contributed by atoms with Gasteiger partial charge in [-0.15, -0.1) is 0 Å². The maximum absolute atomic E-state index is 13.8. The summed E-state index contributed by atoms with van der Waals surface area (Å²) in [5.74, 6) is -2.82. The van der Waals surface area contributed by atoms with E-state index in [1.165, 1.54) is 0 Å². The number of likely N-dealkylation sites (tertiary alicyclic amines) is 1. The standard InChI is InChI=1S/C14H14BrF2N3O/c1-20-4-2-14(8-18,3-5-20)19-13(21)12-10(16)6-9(15)7-11(12)17/h6-7H,2-5H2,1H3,(H,19,21). The lowest BCUT2D eigenvalue weighted by atomic mass is 9.89. The van der Waals surface area contributed by atoms with Gasteiger partial charge in [0.15, 0.2) is 0 Å². The molecule has 0 bridgehead atoms. The highest BCUT2D eigenvalue weighted by molar-refractivity contribution is 9.10. The topological polar surface area (TPSA) is 56.1 Å². The maximum Gasteiger partial charge on any atom is 0.258 e. The Kier molecular flexibility index (Phi) is 4.59. The number of halogens is 3. The number of carbonyl (C=O) groups is 1. The zero-order valence-corrected chi connectivity index (χ0v) is 13.0. The number of nitrogens with zero attached hydrogens (tertiary/aromatic N) is 2. The van der Waals surface area contributed by atoms with Gasteiger partial charge in [0.05, 0.1) is 6.07 Å². The van der Waals surface area contributed by atoms with E-state index in [9.17, 15) is 18.8 Å². The third kappa shape index (κ3) is 3.39. The van der Waals surface area contributed by atoms with Gasteiger partial charge in [0.1, 0.15) is 22.7 Å². The Morgan fingerprint density at radius 3 is 2.38 bits per heavy atom. The molecule has 112 valence electrons. The van der Waals surface area contributed by atoms with Crippen LogP contribution in [-0.2, 0) is 0 Å².